The van der Waals surface area contributed by atoms with Gasteiger partial charge in [-0.25, -0.2) is 0 Å². The fourth-order valence-electron chi connectivity index (χ4n) is 3.92. The Bertz CT molecular complexity index is 610. The van der Waals surface area contributed by atoms with E-state index in [1.807, 2.05) is 12.1 Å². The molecule has 1 aliphatic heterocycles. The quantitative estimate of drug-likeness (QED) is 0.750. The van der Waals surface area contributed by atoms with Gasteiger partial charge >= 0.3 is 0 Å². The summed E-state index contributed by atoms with van der Waals surface area (Å²) in [6.45, 7) is 7.11. The molecule has 130 valence electrons. The van der Waals surface area contributed by atoms with Crippen molar-refractivity contribution in [2.45, 2.75) is 57.1 Å². The first-order valence-electron chi connectivity index (χ1n) is 9.08. The lowest BCUT2D eigenvalue weighted by atomic mass is 9.66. The van der Waals surface area contributed by atoms with Crippen molar-refractivity contribution in [1.82, 2.24) is 5.32 Å². The van der Waals surface area contributed by atoms with Gasteiger partial charge in [0.05, 0.1) is 18.4 Å². The van der Waals surface area contributed by atoms with E-state index >= 15 is 0 Å². The van der Waals surface area contributed by atoms with Crippen LogP contribution in [-0.4, -0.2) is 18.8 Å². The Labute approximate surface area is 145 Å². The number of ether oxygens (including phenoxy) is 1. The van der Waals surface area contributed by atoms with E-state index in [1.54, 1.807) is 6.26 Å². The van der Waals surface area contributed by atoms with Crippen molar-refractivity contribution < 1.29 is 9.15 Å². The van der Waals surface area contributed by atoms with Crippen LogP contribution in [0, 0.1) is 0 Å². The molecule has 0 bridgehead atoms. The van der Waals surface area contributed by atoms with Crippen LogP contribution in [0.4, 0.5) is 0 Å². The van der Waals surface area contributed by atoms with Crippen LogP contribution in [0.3, 0.4) is 0 Å². The molecule has 2 heterocycles. The Hall–Kier alpha value is -1.58. The predicted octanol–water partition coefficient (Wildman–Crippen LogP) is 4.68. The van der Waals surface area contributed by atoms with Crippen LogP contribution >= 0.6 is 0 Å². The highest BCUT2D eigenvalue weighted by Gasteiger charge is 2.42. The fourth-order valence-corrected chi connectivity index (χ4v) is 3.92. The first kappa shape index (κ1) is 17.2. The Kier molecular flexibility index (Phi) is 5.42. The molecule has 1 N–H and O–H groups in total. The van der Waals surface area contributed by atoms with Gasteiger partial charge in [-0.1, -0.05) is 37.3 Å². The molecule has 24 heavy (non-hydrogen) atoms. The molecule has 0 saturated carbocycles. The molecule has 1 fully saturated rings. The van der Waals surface area contributed by atoms with Crippen molar-refractivity contribution in [3.63, 3.8) is 0 Å². The Morgan fingerprint density at radius 2 is 1.96 bits per heavy atom. The summed E-state index contributed by atoms with van der Waals surface area (Å²) >= 11 is 0. The minimum Gasteiger partial charge on any atom is -0.468 e. The third kappa shape index (κ3) is 3.90. The summed E-state index contributed by atoms with van der Waals surface area (Å²) in [4.78, 5) is 0. The maximum Gasteiger partial charge on any atom is 0.117 e. The summed E-state index contributed by atoms with van der Waals surface area (Å²) in [5.41, 5.74) is 1.63. The summed E-state index contributed by atoms with van der Waals surface area (Å²) < 4.78 is 11.5. The Balaban J connectivity index is 1.70. The van der Waals surface area contributed by atoms with Crippen molar-refractivity contribution in [2.75, 3.05) is 13.2 Å². The lowest BCUT2D eigenvalue weighted by Crippen LogP contribution is -2.46. The topological polar surface area (TPSA) is 34.4 Å². The van der Waals surface area contributed by atoms with Gasteiger partial charge in [0.2, 0.25) is 0 Å². The summed E-state index contributed by atoms with van der Waals surface area (Å²) in [7, 11) is 0. The van der Waals surface area contributed by atoms with E-state index in [0.717, 1.165) is 51.1 Å². The largest absolute Gasteiger partial charge is 0.468 e. The molecule has 0 radical (unpaired) electrons. The second-order valence-electron chi connectivity index (χ2n) is 7.23. The molecule has 1 aliphatic rings. The van der Waals surface area contributed by atoms with Crippen LogP contribution in [0.5, 0.6) is 0 Å². The number of hydrogen-bond acceptors (Lipinski definition) is 3. The van der Waals surface area contributed by atoms with E-state index in [4.69, 9.17) is 9.15 Å². The van der Waals surface area contributed by atoms with Crippen molar-refractivity contribution in [3.8, 4) is 0 Å². The van der Waals surface area contributed by atoms with Gasteiger partial charge in [-0.05, 0) is 56.8 Å². The second kappa shape index (κ2) is 7.54. The highest BCUT2D eigenvalue weighted by Crippen LogP contribution is 2.45. The number of nitrogens with one attached hydrogen (secondary N) is 1. The normalized spacial score (nSPS) is 27.2. The summed E-state index contributed by atoms with van der Waals surface area (Å²) in [5.74, 6) is 0.995. The molecule has 2 atom stereocenters. The number of benzene rings is 1. The SMILES string of the molecule is CC[C@]1(C)C[C@](CCNCc2ccco2)(c2ccccc2)CCO1. The zero-order valence-corrected chi connectivity index (χ0v) is 14.9. The second-order valence-corrected chi connectivity index (χ2v) is 7.23. The molecule has 3 rings (SSSR count). The Morgan fingerprint density at radius 1 is 1.12 bits per heavy atom. The summed E-state index contributed by atoms with van der Waals surface area (Å²) in [6, 6.07) is 14.9. The molecular formula is C21H29NO2. The van der Waals surface area contributed by atoms with Gasteiger partial charge < -0.3 is 14.5 Å². The lowest BCUT2D eigenvalue weighted by molar-refractivity contribution is -0.0979. The third-order valence-corrected chi connectivity index (χ3v) is 5.54. The average Bonchev–Trinajstić information content (AvgIpc) is 3.13. The van der Waals surface area contributed by atoms with Crippen molar-refractivity contribution in [3.05, 3.63) is 60.1 Å². The standard InChI is InChI=1S/C21H29NO2/c1-3-20(2)17-21(12-15-24-20,18-8-5-4-6-9-18)11-13-22-16-19-10-7-14-23-19/h4-10,14,22H,3,11-13,15-17H2,1-2H3/t20-,21-/m1/s1. The van der Waals surface area contributed by atoms with Crippen LogP contribution in [-0.2, 0) is 16.7 Å². The van der Waals surface area contributed by atoms with E-state index in [9.17, 15) is 0 Å². The highest BCUT2D eigenvalue weighted by atomic mass is 16.5. The van der Waals surface area contributed by atoms with Crippen molar-refractivity contribution in [2.24, 2.45) is 0 Å². The highest BCUT2D eigenvalue weighted by molar-refractivity contribution is 5.27. The van der Waals surface area contributed by atoms with E-state index < -0.39 is 0 Å². The third-order valence-electron chi connectivity index (χ3n) is 5.54. The van der Waals surface area contributed by atoms with Crippen LogP contribution in [0.25, 0.3) is 0 Å². The minimum absolute atomic E-state index is 0.0187. The van der Waals surface area contributed by atoms with Gasteiger partial charge in [-0.3, -0.25) is 0 Å². The number of hydrogen-bond donors (Lipinski definition) is 1. The number of furan rings is 1. The Morgan fingerprint density at radius 3 is 2.67 bits per heavy atom. The lowest BCUT2D eigenvalue weighted by Gasteiger charge is -2.47. The first-order valence-corrected chi connectivity index (χ1v) is 9.08. The minimum atomic E-state index is -0.0187. The zero-order chi connectivity index (χ0) is 16.9. The van der Waals surface area contributed by atoms with Gasteiger partial charge in [-0.2, -0.15) is 0 Å². The monoisotopic (exact) mass is 327 g/mol. The van der Waals surface area contributed by atoms with Crippen molar-refractivity contribution >= 4 is 0 Å². The van der Waals surface area contributed by atoms with Crippen LogP contribution in [0.2, 0.25) is 0 Å². The van der Waals surface area contributed by atoms with Gasteiger partial charge in [0.1, 0.15) is 5.76 Å². The molecule has 0 aliphatic carbocycles. The number of rotatable bonds is 7. The maximum absolute atomic E-state index is 6.12. The molecular weight excluding hydrogens is 298 g/mol. The molecule has 1 aromatic carbocycles. The molecule has 3 heteroatoms. The van der Waals surface area contributed by atoms with Crippen LogP contribution in [0.1, 0.15) is 50.9 Å². The van der Waals surface area contributed by atoms with Gasteiger partial charge in [0.15, 0.2) is 0 Å². The fraction of sp³-hybridized carbons (Fsp3) is 0.524. The average molecular weight is 327 g/mol. The molecule has 3 nitrogen and oxygen atoms in total. The van der Waals surface area contributed by atoms with Gasteiger partial charge in [0.25, 0.3) is 0 Å². The molecule has 1 aromatic heterocycles. The smallest absolute Gasteiger partial charge is 0.117 e. The van der Waals surface area contributed by atoms with E-state index in [-0.39, 0.29) is 11.0 Å². The molecule has 0 unspecified atom stereocenters. The zero-order valence-electron chi connectivity index (χ0n) is 14.9. The maximum atomic E-state index is 6.12. The van der Waals surface area contributed by atoms with Gasteiger partial charge in [0, 0.05) is 12.0 Å². The van der Waals surface area contributed by atoms with E-state index in [2.05, 4.69) is 49.5 Å². The molecule has 1 saturated heterocycles. The molecule has 2 aromatic rings. The first-order chi connectivity index (χ1) is 11.7. The van der Waals surface area contributed by atoms with Crippen LogP contribution < -0.4 is 5.32 Å². The summed E-state index contributed by atoms with van der Waals surface area (Å²) in [5, 5.41) is 3.54. The van der Waals surface area contributed by atoms with Gasteiger partial charge in [-0.15, -0.1) is 0 Å². The molecule has 0 spiro atoms. The van der Waals surface area contributed by atoms with Crippen molar-refractivity contribution in [1.29, 1.82) is 0 Å². The summed E-state index contributed by atoms with van der Waals surface area (Å²) in [6.07, 6.45) is 6.09. The van der Waals surface area contributed by atoms with E-state index in [0.29, 0.717) is 0 Å². The predicted molar refractivity (Wildman–Crippen MR) is 97.0 cm³/mol. The molecule has 0 amide bonds. The van der Waals surface area contributed by atoms with Crippen LogP contribution in [0.15, 0.2) is 53.1 Å². The van der Waals surface area contributed by atoms with E-state index in [1.165, 1.54) is 5.56 Å².